The molecule has 0 spiro atoms. The molecule has 0 aromatic heterocycles. The van der Waals surface area contributed by atoms with E-state index >= 15 is 0 Å². The topological polar surface area (TPSA) is 128 Å². The molecule has 13 nitrogen and oxygen atoms in total. The molecule has 292 valence electrons. The highest BCUT2D eigenvalue weighted by Crippen LogP contribution is 2.29. The number of halogens is 6. The van der Waals surface area contributed by atoms with Crippen molar-refractivity contribution in [2.45, 2.75) is 6.42 Å². The molecule has 19 heteroatoms. The molecule has 0 atom stereocenters. The van der Waals surface area contributed by atoms with E-state index in [1.54, 1.807) is 0 Å². The first-order chi connectivity index (χ1) is 24.4. The Labute approximate surface area is 297 Å². The van der Waals surface area contributed by atoms with E-state index in [1.165, 1.54) is 0 Å². The summed E-state index contributed by atoms with van der Waals surface area (Å²) in [6.45, 7) is 8.71. The highest BCUT2D eigenvalue weighted by Gasteiger charge is 2.28. The number of hydrogen-bond donors (Lipinski definition) is 0. The molecule has 1 aromatic rings. The standard InChI is InChI=1S/C31H48BrF5O13/c32-2-4-40-6-8-42-10-12-44-14-16-46-18-20-48-22-24-49-23-21-47-19-17-45-15-13-43-11-9-41-7-5-39-3-1-25(38)50-31-29(36)27(34)26(33)28(35)30(31)37/h1-24H2. The number of esters is 1. The van der Waals surface area contributed by atoms with Gasteiger partial charge in [-0.15, -0.1) is 0 Å². The average Bonchev–Trinajstić information content (AvgIpc) is 3.11. The molecule has 0 N–H and O–H groups in total. The van der Waals surface area contributed by atoms with E-state index in [-0.39, 0.29) is 26.4 Å². The maximum Gasteiger partial charge on any atom is 0.313 e. The summed E-state index contributed by atoms with van der Waals surface area (Å²) >= 11 is 3.28. The third kappa shape index (κ3) is 24.5. The zero-order valence-corrected chi connectivity index (χ0v) is 29.6. The van der Waals surface area contributed by atoms with Crippen LogP contribution in [0.5, 0.6) is 5.75 Å². The van der Waals surface area contributed by atoms with Gasteiger partial charge in [0, 0.05) is 5.33 Å². The lowest BCUT2D eigenvalue weighted by atomic mass is 10.2. The molecule has 0 radical (unpaired) electrons. The number of carbonyl (C=O) groups excluding carboxylic acids is 1. The summed E-state index contributed by atoms with van der Waals surface area (Å²) < 4.78 is 130. The van der Waals surface area contributed by atoms with Gasteiger partial charge in [-0.05, 0) is 0 Å². The van der Waals surface area contributed by atoms with E-state index in [9.17, 15) is 26.7 Å². The number of carbonyl (C=O) groups is 1. The van der Waals surface area contributed by atoms with Crippen LogP contribution in [-0.4, -0.2) is 157 Å². The largest absolute Gasteiger partial charge is 0.420 e. The number of hydrogen-bond acceptors (Lipinski definition) is 13. The minimum atomic E-state index is -2.35. The van der Waals surface area contributed by atoms with Gasteiger partial charge in [0.25, 0.3) is 0 Å². The summed E-state index contributed by atoms with van der Waals surface area (Å²) in [5.41, 5.74) is 0. The van der Waals surface area contributed by atoms with Gasteiger partial charge >= 0.3 is 5.97 Å². The first kappa shape index (κ1) is 46.4. The van der Waals surface area contributed by atoms with Crippen LogP contribution in [0.25, 0.3) is 0 Å². The van der Waals surface area contributed by atoms with Crippen LogP contribution in [0, 0.1) is 29.1 Å². The molecule has 1 rings (SSSR count). The zero-order valence-electron chi connectivity index (χ0n) is 28.0. The molecule has 0 aliphatic heterocycles. The number of alkyl halides is 1. The molecule has 0 aliphatic rings. The minimum absolute atomic E-state index is 0.0809. The van der Waals surface area contributed by atoms with Gasteiger partial charge in [-0.25, -0.2) is 13.2 Å². The number of rotatable bonds is 36. The van der Waals surface area contributed by atoms with Crippen molar-refractivity contribution in [2.24, 2.45) is 0 Å². The fourth-order valence-corrected chi connectivity index (χ4v) is 3.58. The van der Waals surface area contributed by atoms with Gasteiger partial charge in [0.1, 0.15) is 0 Å². The Kier molecular flexibility index (Phi) is 30.8. The quantitative estimate of drug-likeness (QED) is 0.0188. The van der Waals surface area contributed by atoms with Crippen molar-refractivity contribution < 1.29 is 83.6 Å². The summed E-state index contributed by atoms with van der Waals surface area (Å²) in [4.78, 5) is 11.6. The number of ether oxygens (including phenoxy) is 12. The van der Waals surface area contributed by atoms with Crippen LogP contribution in [0.1, 0.15) is 6.42 Å². The van der Waals surface area contributed by atoms with E-state index in [0.29, 0.717) is 119 Å². The van der Waals surface area contributed by atoms with Crippen molar-refractivity contribution in [2.75, 3.05) is 151 Å². The maximum atomic E-state index is 13.5. The lowest BCUT2D eigenvalue weighted by molar-refractivity contribution is -0.136. The van der Waals surface area contributed by atoms with Crippen molar-refractivity contribution in [1.29, 1.82) is 0 Å². The van der Waals surface area contributed by atoms with Gasteiger partial charge in [-0.1, -0.05) is 15.9 Å². The molecule has 1 aromatic carbocycles. The van der Waals surface area contributed by atoms with Crippen molar-refractivity contribution in [1.82, 2.24) is 0 Å². The Balaban J connectivity index is 1.74. The fourth-order valence-electron chi connectivity index (χ4n) is 3.35. The van der Waals surface area contributed by atoms with Crippen molar-refractivity contribution in [3.05, 3.63) is 29.1 Å². The van der Waals surface area contributed by atoms with Gasteiger partial charge in [-0.2, -0.15) is 8.78 Å². The predicted octanol–water partition coefficient (Wildman–Crippen LogP) is 3.26. The second-order valence-corrected chi connectivity index (χ2v) is 10.3. The molecule has 0 amide bonds. The molecular weight excluding hydrogens is 755 g/mol. The van der Waals surface area contributed by atoms with Crippen molar-refractivity contribution >= 4 is 21.9 Å². The monoisotopic (exact) mass is 802 g/mol. The van der Waals surface area contributed by atoms with Crippen molar-refractivity contribution in [3.63, 3.8) is 0 Å². The van der Waals surface area contributed by atoms with Gasteiger partial charge in [0.2, 0.25) is 34.8 Å². The van der Waals surface area contributed by atoms with Gasteiger partial charge in [0.15, 0.2) is 0 Å². The fraction of sp³-hybridized carbons (Fsp3) is 0.774. The first-order valence-corrected chi connectivity index (χ1v) is 17.2. The lowest BCUT2D eigenvalue weighted by Crippen LogP contribution is -2.16. The Bertz CT molecular complexity index is 958. The summed E-state index contributed by atoms with van der Waals surface area (Å²) in [6.07, 6.45) is -0.487. The van der Waals surface area contributed by atoms with Crippen LogP contribution in [0.4, 0.5) is 22.0 Å². The Morgan fingerprint density at radius 2 is 0.580 bits per heavy atom. The highest BCUT2D eigenvalue weighted by atomic mass is 79.9. The molecule has 0 bridgehead atoms. The normalized spacial score (nSPS) is 11.5. The second-order valence-electron chi connectivity index (χ2n) is 9.55. The van der Waals surface area contributed by atoms with Crippen LogP contribution in [0.2, 0.25) is 0 Å². The molecule has 0 fully saturated rings. The van der Waals surface area contributed by atoms with E-state index in [1.807, 2.05) is 0 Å². The summed E-state index contributed by atoms with van der Waals surface area (Å²) in [5.74, 6) is -14.1. The van der Waals surface area contributed by atoms with Crippen LogP contribution in [0.15, 0.2) is 0 Å². The highest BCUT2D eigenvalue weighted by molar-refractivity contribution is 9.09. The molecule has 0 saturated carbocycles. The summed E-state index contributed by atoms with van der Waals surface area (Å²) in [7, 11) is 0. The van der Waals surface area contributed by atoms with Gasteiger partial charge in [-0.3, -0.25) is 4.79 Å². The summed E-state index contributed by atoms with van der Waals surface area (Å²) in [6, 6.07) is 0. The lowest BCUT2D eigenvalue weighted by Gasteiger charge is -2.09. The molecular formula is C31H48BrF5O13. The Morgan fingerprint density at radius 3 is 0.840 bits per heavy atom. The first-order valence-electron chi connectivity index (χ1n) is 16.0. The number of benzene rings is 1. The van der Waals surface area contributed by atoms with E-state index in [4.69, 9.17) is 52.1 Å². The maximum absolute atomic E-state index is 13.5. The zero-order chi connectivity index (χ0) is 36.5. The molecule has 50 heavy (non-hydrogen) atoms. The second kappa shape index (κ2) is 33.2. The van der Waals surface area contributed by atoms with Crippen molar-refractivity contribution in [3.8, 4) is 5.75 Å². The molecule has 0 heterocycles. The van der Waals surface area contributed by atoms with Crippen LogP contribution < -0.4 is 4.74 Å². The SMILES string of the molecule is O=C(CCOCCOCCOCCOCCOCCOCCOCCOCCOCCOCCOCCBr)Oc1c(F)c(F)c(F)c(F)c1F. The third-order valence-corrected chi connectivity index (χ3v) is 6.10. The Morgan fingerprint density at radius 1 is 0.360 bits per heavy atom. The Hall–Kier alpha value is -1.62. The van der Waals surface area contributed by atoms with Gasteiger partial charge < -0.3 is 56.8 Å². The predicted molar refractivity (Wildman–Crippen MR) is 169 cm³/mol. The van der Waals surface area contributed by atoms with Gasteiger partial charge in [0.05, 0.1) is 152 Å². The van der Waals surface area contributed by atoms with E-state index < -0.39 is 47.2 Å². The van der Waals surface area contributed by atoms with Crippen LogP contribution in [-0.2, 0) is 56.9 Å². The summed E-state index contributed by atoms with van der Waals surface area (Å²) in [5, 5.41) is 0.815. The smallest absolute Gasteiger partial charge is 0.313 e. The average molecular weight is 804 g/mol. The third-order valence-electron chi connectivity index (χ3n) is 5.78. The van der Waals surface area contributed by atoms with E-state index in [0.717, 1.165) is 5.33 Å². The van der Waals surface area contributed by atoms with Crippen LogP contribution in [0.3, 0.4) is 0 Å². The van der Waals surface area contributed by atoms with Crippen LogP contribution >= 0.6 is 15.9 Å². The molecule has 0 aliphatic carbocycles. The molecule has 0 saturated heterocycles. The van der Waals surface area contributed by atoms with E-state index in [2.05, 4.69) is 20.7 Å². The molecule has 0 unspecified atom stereocenters. The minimum Gasteiger partial charge on any atom is -0.420 e.